The molecule has 0 bridgehead atoms. The number of ether oxygens (including phenoxy) is 1. The zero-order chi connectivity index (χ0) is 23.9. The van der Waals surface area contributed by atoms with E-state index < -0.39 is 17.5 Å². The topological polar surface area (TPSA) is 108 Å². The molecule has 0 saturated carbocycles. The van der Waals surface area contributed by atoms with Crippen molar-refractivity contribution in [1.29, 1.82) is 5.26 Å². The zero-order valence-corrected chi connectivity index (χ0v) is 18.5. The molecule has 3 aromatic carbocycles. The number of nitro groups is 1. The van der Waals surface area contributed by atoms with E-state index in [1.807, 2.05) is 24.3 Å². The molecule has 3 atom stereocenters. The van der Waals surface area contributed by atoms with Crippen LogP contribution < -0.4 is 10.1 Å². The third kappa shape index (κ3) is 3.21. The minimum atomic E-state index is -1.36. The van der Waals surface area contributed by atoms with E-state index in [0.717, 1.165) is 11.1 Å². The molecule has 1 N–H and O–H groups in total. The molecule has 1 amide bonds. The van der Waals surface area contributed by atoms with Crippen LogP contribution in [0.4, 0.5) is 5.69 Å². The normalized spacial score (nSPS) is 23.4. The van der Waals surface area contributed by atoms with Crippen LogP contribution in [0.2, 0.25) is 0 Å². The molecular weight excluding hydrogens is 432 g/mol. The van der Waals surface area contributed by atoms with Gasteiger partial charge >= 0.3 is 0 Å². The van der Waals surface area contributed by atoms with Crippen molar-refractivity contribution in [3.63, 3.8) is 0 Å². The van der Waals surface area contributed by atoms with Crippen LogP contribution in [0.1, 0.15) is 28.2 Å². The third-order valence-corrected chi connectivity index (χ3v) is 6.88. The molecule has 2 aliphatic heterocycles. The smallest absolute Gasteiger partial charge is 0.256 e. The maximum absolute atomic E-state index is 13.2. The molecule has 2 aliphatic rings. The molecule has 1 saturated heterocycles. The molecule has 1 fully saturated rings. The summed E-state index contributed by atoms with van der Waals surface area (Å²) in [7, 11) is 1.77. The summed E-state index contributed by atoms with van der Waals surface area (Å²) in [6, 6.07) is 22.6. The van der Waals surface area contributed by atoms with Gasteiger partial charge in [0.1, 0.15) is 12.4 Å². The number of nitriles is 1. The van der Waals surface area contributed by atoms with Gasteiger partial charge in [0.05, 0.1) is 17.6 Å². The highest BCUT2D eigenvalue weighted by Crippen LogP contribution is 2.51. The zero-order valence-electron chi connectivity index (χ0n) is 18.5. The van der Waals surface area contributed by atoms with Crippen LogP contribution in [0.15, 0.2) is 72.8 Å². The summed E-state index contributed by atoms with van der Waals surface area (Å²) in [6.45, 7) is 0.607. The van der Waals surface area contributed by atoms with E-state index in [4.69, 9.17) is 4.74 Å². The first-order valence-corrected chi connectivity index (χ1v) is 10.9. The number of nitrogens with zero attached hydrogens (tertiary/aromatic N) is 3. The number of carbonyl (C=O) groups is 1. The van der Waals surface area contributed by atoms with E-state index in [2.05, 4.69) is 11.4 Å². The molecule has 0 aliphatic carbocycles. The molecule has 0 aromatic heterocycles. The molecule has 8 nitrogen and oxygen atoms in total. The standard InChI is InChI=1S/C26H22N4O4/c1-29-15-21(24(30(32)33)26(29)22-8-4-5-9-23(22)28-25(26)31)17-10-12-20(13-11-17)34-16-19-7-3-2-6-18(19)14-27/h2-13,21,24H,15-16H2,1H3,(H,28,31)/t21-,24-,26-/m1/s1. The van der Waals surface area contributed by atoms with Crippen LogP contribution in [-0.4, -0.2) is 35.4 Å². The van der Waals surface area contributed by atoms with Gasteiger partial charge in [-0.2, -0.15) is 5.26 Å². The molecule has 0 radical (unpaired) electrons. The molecule has 3 aromatic rings. The monoisotopic (exact) mass is 454 g/mol. The van der Waals surface area contributed by atoms with E-state index >= 15 is 0 Å². The average molecular weight is 454 g/mol. The number of carbonyl (C=O) groups excluding carboxylic acids is 1. The lowest BCUT2D eigenvalue weighted by Crippen LogP contribution is -2.54. The molecule has 34 heavy (non-hydrogen) atoms. The minimum absolute atomic E-state index is 0.243. The van der Waals surface area contributed by atoms with Crippen molar-refractivity contribution in [2.45, 2.75) is 24.1 Å². The number of nitrogens with one attached hydrogen (secondary N) is 1. The van der Waals surface area contributed by atoms with E-state index in [-0.39, 0.29) is 17.4 Å². The lowest BCUT2D eigenvalue weighted by molar-refractivity contribution is -0.534. The van der Waals surface area contributed by atoms with E-state index in [9.17, 15) is 20.2 Å². The first-order chi connectivity index (χ1) is 16.5. The predicted molar refractivity (Wildman–Crippen MR) is 125 cm³/mol. The van der Waals surface area contributed by atoms with E-state index in [0.29, 0.717) is 29.1 Å². The Labute approximate surface area is 196 Å². The van der Waals surface area contributed by atoms with Crippen molar-refractivity contribution < 1.29 is 14.5 Å². The van der Waals surface area contributed by atoms with Gasteiger partial charge in [-0.1, -0.05) is 48.5 Å². The van der Waals surface area contributed by atoms with Crippen molar-refractivity contribution in [2.24, 2.45) is 0 Å². The Morgan fingerprint density at radius 2 is 1.85 bits per heavy atom. The average Bonchev–Trinajstić information content (AvgIpc) is 3.33. The van der Waals surface area contributed by atoms with E-state index in [1.165, 1.54) is 0 Å². The van der Waals surface area contributed by atoms with E-state index in [1.54, 1.807) is 60.5 Å². The van der Waals surface area contributed by atoms with Gasteiger partial charge in [-0.15, -0.1) is 0 Å². The van der Waals surface area contributed by atoms with Gasteiger partial charge in [-0.05, 0) is 36.9 Å². The quantitative estimate of drug-likeness (QED) is 0.466. The van der Waals surface area contributed by atoms with Crippen molar-refractivity contribution >= 4 is 11.6 Å². The molecule has 1 spiro atoms. The highest BCUT2D eigenvalue weighted by Gasteiger charge is 2.68. The number of anilines is 1. The number of benzene rings is 3. The van der Waals surface area contributed by atoms with Gasteiger partial charge in [0.15, 0.2) is 5.54 Å². The highest BCUT2D eigenvalue weighted by atomic mass is 16.6. The SMILES string of the molecule is CN1C[C@H](c2ccc(OCc3ccccc3C#N)cc2)[C@@H]([N+](=O)[O-])[C@]12C(=O)Nc1ccccc12. The minimum Gasteiger partial charge on any atom is -0.489 e. The second-order valence-corrected chi connectivity index (χ2v) is 8.61. The summed E-state index contributed by atoms with van der Waals surface area (Å²) >= 11 is 0. The Balaban J connectivity index is 1.43. The highest BCUT2D eigenvalue weighted by molar-refractivity contribution is 6.06. The molecular formula is C26H22N4O4. The summed E-state index contributed by atoms with van der Waals surface area (Å²) in [4.78, 5) is 27.0. The number of para-hydroxylation sites is 1. The summed E-state index contributed by atoms with van der Waals surface area (Å²) < 4.78 is 5.84. The van der Waals surface area contributed by atoms with Gasteiger partial charge in [-0.3, -0.25) is 19.8 Å². The van der Waals surface area contributed by atoms with Gasteiger partial charge in [0.2, 0.25) is 0 Å². The Morgan fingerprint density at radius 1 is 1.15 bits per heavy atom. The Kier molecular flexibility index (Phi) is 5.27. The first kappa shape index (κ1) is 21.6. The molecule has 2 heterocycles. The Bertz CT molecular complexity index is 1320. The molecule has 0 unspecified atom stereocenters. The lowest BCUT2D eigenvalue weighted by atomic mass is 9.79. The van der Waals surface area contributed by atoms with Gasteiger partial charge < -0.3 is 10.1 Å². The maximum atomic E-state index is 13.2. The molecule has 5 rings (SSSR count). The maximum Gasteiger partial charge on any atom is 0.256 e. The summed E-state index contributed by atoms with van der Waals surface area (Å²) in [5.74, 6) is -0.249. The van der Waals surface area contributed by atoms with Crippen LogP contribution in [0.25, 0.3) is 0 Å². The fourth-order valence-corrected chi connectivity index (χ4v) is 5.31. The fourth-order valence-electron chi connectivity index (χ4n) is 5.31. The molecule has 8 heteroatoms. The van der Waals surface area contributed by atoms with Crippen molar-refractivity contribution in [1.82, 2.24) is 4.90 Å². The first-order valence-electron chi connectivity index (χ1n) is 10.9. The number of likely N-dealkylation sites (tertiary alicyclic amines) is 1. The van der Waals surface area contributed by atoms with Gasteiger partial charge in [0.25, 0.3) is 11.9 Å². The van der Waals surface area contributed by atoms with Gasteiger partial charge in [-0.25, -0.2) is 0 Å². The van der Waals surface area contributed by atoms with Crippen molar-refractivity contribution in [3.8, 4) is 11.8 Å². The number of hydrogen-bond acceptors (Lipinski definition) is 6. The summed E-state index contributed by atoms with van der Waals surface area (Å²) in [5.41, 5.74) is 2.01. The number of likely N-dealkylation sites (N-methyl/N-ethyl adjacent to an activating group) is 1. The summed E-state index contributed by atoms with van der Waals surface area (Å²) in [6.07, 6.45) is 0. The second kappa shape index (κ2) is 8.28. The van der Waals surface area contributed by atoms with Crippen LogP contribution in [0.3, 0.4) is 0 Å². The largest absolute Gasteiger partial charge is 0.489 e. The molecule has 170 valence electrons. The third-order valence-electron chi connectivity index (χ3n) is 6.88. The number of amides is 1. The van der Waals surface area contributed by atoms with Crippen LogP contribution in [0, 0.1) is 21.4 Å². The fraction of sp³-hybridized carbons (Fsp3) is 0.231. The van der Waals surface area contributed by atoms with Crippen molar-refractivity contribution in [3.05, 3.63) is 105 Å². The second-order valence-electron chi connectivity index (χ2n) is 8.61. The predicted octanol–water partition coefficient (Wildman–Crippen LogP) is 3.66. The number of fused-ring (bicyclic) bond motifs is 2. The number of hydrogen-bond donors (Lipinski definition) is 1. The lowest BCUT2D eigenvalue weighted by Gasteiger charge is -2.30. The van der Waals surface area contributed by atoms with Crippen LogP contribution in [0.5, 0.6) is 5.75 Å². The Morgan fingerprint density at radius 3 is 2.59 bits per heavy atom. The van der Waals surface area contributed by atoms with Crippen LogP contribution >= 0.6 is 0 Å². The number of rotatable bonds is 5. The van der Waals surface area contributed by atoms with Crippen molar-refractivity contribution in [2.75, 3.05) is 18.9 Å². The van der Waals surface area contributed by atoms with Gasteiger partial charge in [0, 0.05) is 28.3 Å². The Hall–Kier alpha value is -4.22. The van der Waals surface area contributed by atoms with Crippen LogP contribution in [-0.2, 0) is 16.9 Å². The summed E-state index contributed by atoms with van der Waals surface area (Å²) in [5, 5.41) is 24.5.